The molecule has 0 aromatic rings. The largest absolute Gasteiger partial charge is 0.756 e. The molecule has 0 bridgehead atoms. The van der Waals surface area contributed by atoms with E-state index in [0.29, 0.717) is 23.9 Å². The van der Waals surface area contributed by atoms with E-state index < -0.39 is 20.0 Å². The SMILES string of the molecule is CC/C=C\C/C=C\C/C=C\C/C=C\C/C=C\C/C=C\C/C=C\C/C=C\C/C=C\C/C=C\C/C=C\CCCCCC(=O)NC(COP(=O)([O-])OCC[N+](C)(C)C)C(O)CCCCCCCCCCCC. The van der Waals surface area contributed by atoms with Gasteiger partial charge in [0.05, 0.1) is 39.9 Å². The molecule has 0 radical (unpaired) electrons. The molecule has 0 spiro atoms. The molecular weight excluding hydrogens is 876 g/mol. The van der Waals surface area contributed by atoms with Crippen molar-refractivity contribution in [3.63, 3.8) is 0 Å². The zero-order valence-corrected chi connectivity index (χ0v) is 45.3. The van der Waals surface area contributed by atoms with Crippen LogP contribution in [0.1, 0.15) is 187 Å². The van der Waals surface area contributed by atoms with E-state index >= 15 is 0 Å². The lowest BCUT2D eigenvalue weighted by Gasteiger charge is -2.30. The lowest BCUT2D eigenvalue weighted by Crippen LogP contribution is -2.46. The maximum absolute atomic E-state index is 12.9. The average Bonchev–Trinajstić information content (AvgIpc) is 3.31. The van der Waals surface area contributed by atoms with Crippen LogP contribution < -0.4 is 10.2 Å². The second-order valence-corrected chi connectivity index (χ2v) is 20.3. The highest BCUT2D eigenvalue weighted by atomic mass is 31.2. The summed E-state index contributed by atoms with van der Waals surface area (Å²) in [6.07, 6.45) is 74.9. The Bertz CT molecular complexity index is 1580. The third-order valence-corrected chi connectivity index (χ3v) is 12.1. The highest BCUT2D eigenvalue weighted by molar-refractivity contribution is 7.45. The molecule has 3 atom stereocenters. The van der Waals surface area contributed by atoms with Gasteiger partial charge in [-0.15, -0.1) is 0 Å². The molecule has 0 saturated carbocycles. The highest BCUT2D eigenvalue weighted by Gasteiger charge is 2.24. The summed E-state index contributed by atoms with van der Waals surface area (Å²) in [7, 11) is 1.26. The number of aliphatic hydroxyl groups is 1. The van der Waals surface area contributed by atoms with Gasteiger partial charge in [0.25, 0.3) is 7.82 Å². The molecular formula is C60H101N2O6P. The lowest BCUT2D eigenvalue weighted by atomic mass is 10.0. The summed E-state index contributed by atoms with van der Waals surface area (Å²) >= 11 is 0. The van der Waals surface area contributed by atoms with Crippen molar-refractivity contribution < 1.29 is 32.9 Å². The van der Waals surface area contributed by atoms with Gasteiger partial charge >= 0.3 is 0 Å². The summed E-state index contributed by atoms with van der Waals surface area (Å²) in [5, 5.41) is 13.9. The minimum Gasteiger partial charge on any atom is -0.756 e. The van der Waals surface area contributed by atoms with E-state index in [-0.39, 0.29) is 19.1 Å². The van der Waals surface area contributed by atoms with Gasteiger partial charge in [0.15, 0.2) is 0 Å². The summed E-state index contributed by atoms with van der Waals surface area (Å²) in [4.78, 5) is 25.4. The van der Waals surface area contributed by atoms with E-state index in [9.17, 15) is 19.4 Å². The number of allylic oxidation sites excluding steroid dienone is 22. The number of unbranched alkanes of at least 4 members (excludes halogenated alkanes) is 12. The van der Waals surface area contributed by atoms with E-state index in [4.69, 9.17) is 9.05 Å². The zero-order valence-electron chi connectivity index (χ0n) is 44.5. The Hall–Kier alpha value is -3.36. The first kappa shape index (κ1) is 65.6. The average molecular weight is 977 g/mol. The van der Waals surface area contributed by atoms with Gasteiger partial charge in [0.1, 0.15) is 13.2 Å². The van der Waals surface area contributed by atoms with E-state index in [1.165, 1.54) is 44.9 Å². The van der Waals surface area contributed by atoms with Gasteiger partial charge in [0, 0.05) is 6.42 Å². The number of quaternary nitrogens is 1. The smallest absolute Gasteiger partial charge is 0.268 e. The number of nitrogens with zero attached hydrogens (tertiary/aromatic N) is 1. The minimum absolute atomic E-state index is 0.00222. The van der Waals surface area contributed by atoms with Gasteiger partial charge in [-0.3, -0.25) is 9.36 Å². The fraction of sp³-hybridized carbons (Fsp3) is 0.617. The van der Waals surface area contributed by atoms with E-state index in [2.05, 4.69) is 153 Å². The molecule has 8 nitrogen and oxygen atoms in total. The van der Waals surface area contributed by atoms with Crippen molar-refractivity contribution in [2.75, 3.05) is 40.9 Å². The first-order valence-electron chi connectivity index (χ1n) is 27.0. The normalized spacial score (nSPS) is 15.1. The first-order valence-corrected chi connectivity index (χ1v) is 28.5. The fourth-order valence-electron chi connectivity index (χ4n) is 6.92. The Labute approximate surface area is 424 Å². The summed E-state index contributed by atoms with van der Waals surface area (Å²) in [5.74, 6) is -0.205. The summed E-state index contributed by atoms with van der Waals surface area (Å²) in [6, 6.07) is -0.827. The van der Waals surface area contributed by atoms with Gasteiger partial charge in [-0.1, -0.05) is 218 Å². The van der Waals surface area contributed by atoms with Crippen LogP contribution in [0.4, 0.5) is 0 Å². The second-order valence-electron chi connectivity index (χ2n) is 18.9. The topological polar surface area (TPSA) is 108 Å². The van der Waals surface area contributed by atoms with Crippen molar-refractivity contribution in [2.24, 2.45) is 0 Å². The van der Waals surface area contributed by atoms with Gasteiger partial charge in [-0.05, 0) is 96.3 Å². The predicted octanol–water partition coefficient (Wildman–Crippen LogP) is 15.7. The van der Waals surface area contributed by atoms with E-state index in [1.807, 2.05) is 21.1 Å². The second kappa shape index (κ2) is 49.6. The van der Waals surface area contributed by atoms with Gasteiger partial charge in [-0.2, -0.15) is 0 Å². The van der Waals surface area contributed by atoms with Gasteiger partial charge in [-0.25, -0.2) is 0 Å². The number of hydrogen-bond donors (Lipinski definition) is 2. The number of carbonyl (C=O) groups is 1. The number of nitrogens with one attached hydrogen (secondary N) is 1. The maximum Gasteiger partial charge on any atom is 0.268 e. The summed E-state index contributed by atoms with van der Waals surface area (Å²) < 4.78 is 23.2. The molecule has 0 aliphatic rings. The minimum atomic E-state index is -4.58. The highest BCUT2D eigenvalue weighted by Crippen LogP contribution is 2.38. The monoisotopic (exact) mass is 977 g/mol. The molecule has 69 heavy (non-hydrogen) atoms. The number of aliphatic hydroxyl groups excluding tert-OH is 1. The number of phosphoric ester groups is 1. The van der Waals surface area contributed by atoms with E-state index in [0.717, 1.165) is 116 Å². The fourth-order valence-corrected chi connectivity index (χ4v) is 7.65. The van der Waals surface area contributed by atoms with Crippen LogP contribution in [0.3, 0.4) is 0 Å². The Morgan fingerprint density at radius 1 is 0.522 bits per heavy atom. The molecule has 3 unspecified atom stereocenters. The summed E-state index contributed by atoms with van der Waals surface area (Å²) in [5.41, 5.74) is 0. The number of hydrogen-bond acceptors (Lipinski definition) is 6. The Morgan fingerprint density at radius 2 is 0.884 bits per heavy atom. The molecule has 1 amide bonds. The van der Waals surface area contributed by atoms with Crippen LogP contribution in [-0.4, -0.2) is 68.5 Å². The van der Waals surface area contributed by atoms with E-state index in [1.54, 1.807) is 0 Å². The van der Waals surface area contributed by atoms with Crippen LogP contribution in [0.25, 0.3) is 0 Å². The maximum atomic E-state index is 12.9. The number of likely N-dealkylation sites (N-methyl/N-ethyl adjacent to an activating group) is 1. The molecule has 2 N–H and O–H groups in total. The molecule has 0 aromatic heterocycles. The number of phosphoric acid groups is 1. The van der Waals surface area contributed by atoms with Crippen molar-refractivity contribution in [1.29, 1.82) is 0 Å². The van der Waals surface area contributed by atoms with Gasteiger partial charge < -0.3 is 28.8 Å². The molecule has 9 heteroatoms. The lowest BCUT2D eigenvalue weighted by molar-refractivity contribution is -0.870. The Kier molecular flexibility index (Phi) is 47.2. The molecule has 392 valence electrons. The predicted molar refractivity (Wildman–Crippen MR) is 297 cm³/mol. The van der Waals surface area contributed by atoms with Crippen molar-refractivity contribution in [3.05, 3.63) is 134 Å². The van der Waals surface area contributed by atoms with Crippen LogP contribution in [0, 0.1) is 0 Å². The standard InChI is InChI=1S/C60H101N2O6P/c1-6-8-10-12-14-16-18-19-20-21-22-23-24-25-26-27-28-29-30-31-32-33-34-35-36-37-38-39-40-41-42-43-44-46-48-50-52-54-60(64)61-58(57-68-69(65,66)67-56-55-62(3,4)5)59(63)53-51-49-47-45-17-15-13-11-9-7-2/h8,10,14,16,19-20,22-23,25-26,28-29,31-32,34-35,37-38,40-41,43-44,58-59,63H,6-7,9,11-13,15,17-18,21,24,27,30,33,36,39,42,45-57H2,1-5H3,(H-,61,64,65,66)/b10-8-,16-14-,20-19-,23-22-,26-25-,29-28-,32-31-,35-34-,38-37-,41-40-,44-43-. The van der Waals surface area contributed by atoms with Crippen molar-refractivity contribution in [1.82, 2.24) is 5.32 Å². The number of rotatable bonds is 47. The van der Waals surface area contributed by atoms with Crippen molar-refractivity contribution in [2.45, 2.75) is 199 Å². The molecule has 0 aromatic carbocycles. The third-order valence-electron chi connectivity index (χ3n) is 11.2. The Balaban J connectivity index is 4.19. The molecule has 0 rings (SSSR count). The van der Waals surface area contributed by atoms with Crippen LogP contribution in [-0.2, 0) is 18.4 Å². The number of carbonyl (C=O) groups excluding carboxylic acids is 1. The molecule has 0 heterocycles. The molecule has 0 fully saturated rings. The first-order chi connectivity index (χ1) is 33.5. The van der Waals surface area contributed by atoms with Crippen molar-refractivity contribution in [3.8, 4) is 0 Å². The van der Waals surface area contributed by atoms with Crippen LogP contribution in [0.15, 0.2) is 134 Å². The number of amides is 1. The quantitative estimate of drug-likeness (QED) is 0.0272. The molecule has 0 aliphatic carbocycles. The summed E-state index contributed by atoms with van der Waals surface area (Å²) in [6.45, 7) is 4.53. The van der Waals surface area contributed by atoms with Crippen LogP contribution in [0.2, 0.25) is 0 Å². The zero-order chi connectivity index (χ0) is 50.6. The van der Waals surface area contributed by atoms with Crippen LogP contribution in [0.5, 0.6) is 0 Å². The van der Waals surface area contributed by atoms with Crippen LogP contribution >= 0.6 is 7.82 Å². The Morgan fingerprint density at radius 3 is 1.28 bits per heavy atom. The van der Waals surface area contributed by atoms with Gasteiger partial charge in [0.2, 0.25) is 5.91 Å². The molecule has 0 saturated heterocycles. The third kappa shape index (κ3) is 52.3. The van der Waals surface area contributed by atoms with Crippen molar-refractivity contribution >= 4 is 13.7 Å². The molecule has 0 aliphatic heterocycles.